The highest BCUT2D eigenvalue weighted by Crippen LogP contribution is 2.33. The van der Waals surface area contributed by atoms with Gasteiger partial charge < -0.3 is 11.1 Å². The maximum Gasteiger partial charge on any atom is 0.398 e. The minimum atomic E-state index is -4.24. The van der Waals surface area contributed by atoms with Crippen LogP contribution in [0.3, 0.4) is 0 Å². The van der Waals surface area contributed by atoms with Crippen LogP contribution in [-0.4, -0.2) is 23.9 Å². The first-order valence-electron chi connectivity index (χ1n) is 6.53. The number of nitrogens with two attached hydrogens (primary N) is 1. The van der Waals surface area contributed by atoms with Gasteiger partial charge in [0, 0.05) is 17.4 Å². The molecule has 0 bridgehead atoms. The minimum Gasteiger partial charge on any atom is -0.328 e. The van der Waals surface area contributed by atoms with Crippen molar-refractivity contribution in [2.24, 2.45) is 5.73 Å². The lowest BCUT2D eigenvalue weighted by molar-refractivity contribution is -0.116. The first-order valence-corrected chi connectivity index (χ1v) is 7.51. The largest absolute Gasteiger partial charge is 0.398 e. The molecule has 118 valence electrons. The number of nitrogens with one attached hydrogen (secondary N) is 1. The number of halogens is 3. The van der Waals surface area contributed by atoms with Crippen LogP contribution >= 0.6 is 11.8 Å². The fraction of sp³-hybridized carbons (Fsp3) is 0.500. The molecule has 3 N–H and O–H groups in total. The number of amides is 1. The predicted molar refractivity (Wildman–Crippen MR) is 79.5 cm³/mol. The van der Waals surface area contributed by atoms with Gasteiger partial charge in [-0.15, -0.1) is 11.8 Å². The fourth-order valence-corrected chi connectivity index (χ4v) is 2.35. The van der Waals surface area contributed by atoms with Gasteiger partial charge in [0.15, 0.2) is 0 Å². The van der Waals surface area contributed by atoms with Crippen LogP contribution in [0.5, 0.6) is 0 Å². The van der Waals surface area contributed by atoms with E-state index in [2.05, 4.69) is 5.32 Å². The first kappa shape index (κ1) is 17.8. The highest BCUT2D eigenvalue weighted by atomic mass is 32.2. The summed E-state index contributed by atoms with van der Waals surface area (Å²) in [5.41, 5.74) is 6.86. The fourth-order valence-electron chi connectivity index (χ4n) is 1.60. The van der Waals surface area contributed by atoms with Gasteiger partial charge in [-0.1, -0.05) is 6.07 Å². The number of aryl methyl sites for hydroxylation is 1. The number of rotatable bonds is 6. The number of benzene rings is 1. The Morgan fingerprint density at radius 1 is 1.43 bits per heavy atom. The summed E-state index contributed by atoms with van der Waals surface area (Å²) in [5.74, 6) is -1.23. The molecular weight excluding hydrogens is 301 g/mol. The second-order valence-corrected chi connectivity index (χ2v) is 5.98. The molecule has 0 fully saturated rings. The van der Waals surface area contributed by atoms with Gasteiger partial charge in [0.1, 0.15) is 0 Å². The van der Waals surface area contributed by atoms with E-state index in [4.69, 9.17) is 5.73 Å². The van der Waals surface area contributed by atoms with Crippen LogP contribution in [0.4, 0.5) is 18.9 Å². The van der Waals surface area contributed by atoms with Crippen molar-refractivity contribution in [2.45, 2.75) is 43.8 Å². The molecule has 0 aromatic heterocycles. The Kier molecular flexibility index (Phi) is 6.54. The predicted octanol–water partition coefficient (Wildman–Crippen LogP) is 3.72. The molecule has 0 heterocycles. The molecule has 1 amide bonds. The van der Waals surface area contributed by atoms with Crippen LogP contribution in [0.25, 0.3) is 0 Å². The third-order valence-electron chi connectivity index (χ3n) is 2.63. The zero-order valence-corrected chi connectivity index (χ0v) is 12.8. The zero-order chi connectivity index (χ0) is 16.0. The van der Waals surface area contributed by atoms with Crippen molar-refractivity contribution in [1.82, 2.24) is 0 Å². The van der Waals surface area contributed by atoms with Crippen molar-refractivity contribution in [1.29, 1.82) is 0 Å². The third kappa shape index (κ3) is 7.38. The minimum absolute atomic E-state index is 0.0904. The van der Waals surface area contributed by atoms with Gasteiger partial charge in [0.25, 0.3) is 0 Å². The molecule has 1 unspecified atom stereocenters. The van der Waals surface area contributed by atoms with Crippen LogP contribution in [-0.2, 0) is 4.79 Å². The Hall–Kier alpha value is -1.21. The van der Waals surface area contributed by atoms with Gasteiger partial charge >= 0.3 is 6.18 Å². The van der Waals surface area contributed by atoms with Crippen molar-refractivity contribution < 1.29 is 18.0 Å². The van der Waals surface area contributed by atoms with Crippen LogP contribution in [0.1, 0.15) is 25.3 Å². The lowest BCUT2D eigenvalue weighted by atomic mass is 10.2. The summed E-state index contributed by atoms with van der Waals surface area (Å²) in [6, 6.07) is 4.89. The van der Waals surface area contributed by atoms with Crippen LogP contribution in [0.15, 0.2) is 23.1 Å². The highest BCUT2D eigenvalue weighted by molar-refractivity contribution is 7.99. The topological polar surface area (TPSA) is 55.1 Å². The van der Waals surface area contributed by atoms with E-state index in [0.717, 1.165) is 5.56 Å². The maximum absolute atomic E-state index is 12.3. The molecule has 21 heavy (non-hydrogen) atoms. The summed E-state index contributed by atoms with van der Waals surface area (Å²) in [6.45, 7) is 3.61. The van der Waals surface area contributed by atoms with Crippen molar-refractivity contribution >= 4 is 23.4 Å². The lowest BCUT2D eigenvalue weighted by Gasteiger charge is -2.13. The average molecular weight is 320 g/mol. The number of carbonyl (C=O) groups is 1. The molecule has 3 nitrogen and oxygen atoms in total. The van der Waals surface area contributed by atoms with E-state index in [-0.39, 0.29) is 18.4 Å². The van der Waals surface area contributed by atoms with Crippen molar-refractivity contribution in [3.8, 4) is 0 Å². The van der Waals surface area contributed by atoms with Gasteiger partial charge in [0.2, 0.25) is 5.91 Å². The Balaban J connectivity index is 2.75. The normalized spacial score (nSPS) is 13.0. The smallest absolute Gasteiger partial charge is 0.328 e. The molecule has 0 aliphatic heterocycles. The van der Waals surface area contributed by atoms with Crippen LogP contribution in [0.2, 0.25) is 0 Å². The molecule has 1 aromatic carbocycles. The SMILES string of the molecule is Cc1ccc(SCC(F)(F)F)c(NC(=O)CCC(C)N)c1. The number of anilines is 1. The number of hydrogen-bond acceptors (Lipinski definition) is 3. The molecule has 0 saturated carbocycles. The number of alkyl halides is 3. The number of thioether (sulfide) groups is 1. The van der Waals surface area contributed by atoms with Crippen molar-refractivity contribution in [3.63, 3.8) is 0 Å². The van der Waals surface area contributed by atoms with Crippen molar-refractivity contribution in [3.05, 3.63) is 23.8 Å². The van der Waals surface area contributed by atoms with E-state index in [9.17, 15) is 18.0 Å². The Labute approximate surface area is 126 Å². The quantitative estimate of drug-likeness (QED) is 0.786. The summed E-state index contributed by atoms with van der Waals surface area (Å²) in [6.07, 6.45) is -3.47. The molecule has 1 atom stereocenters. The van der Waals surface area contributed by atoms with E-state index in [0.29, 0.717) is 28.8 Å². The molecular formula is C14H19F3N2OS. The zero-order valence-electron chi connectivity index (χ0n) is 12.0. The van der Waals surface area contributed by atoms with Crippen LogP contribution < -0.4 is 11.1 Å². The van der Waals surface area contributed by atoms with E-state index >= 15 is 0 Å². The molecule has 0 aliphatic rings. The van der Waals surface area contributed by atoms with E-state index in [1.807, 2.05) is 6.92 Å². The Bertz CT molecular complexity index is 490. The first-order chi connectivity index (χ1) is 9.67. The van der Waals surface area contributed by atoms with Gasteiger partial charge in [-0.05, 0) is 38.0 Å². The van der Waals surface area contributed by atoms with Crippen LogP contribution in [0, 0.1) is 6.92 Å². The molecule has 1 aromatic rings. The monoisotopic (exact) mass is 320 g/mol. The summed E-state index contributed by atoms with van der Waals surface area (Å²) < 4.78 is 36.9. The number of carbonyl (C=O) groups excluding carboxylic acids is 1. The maximum atomic E-state index is 12.3. The van der Waals surface area contributed by atoms with E-state index in [1.54, 1.807) is 25.1 Å². The number of hydrogen-bond donors (Lipinski definition) is 2. The van der Waals surface area contributed by atoms with E-state index in [1.165, 1.54) is 0 Å². The lowest BCUT2D eigenvalue weighted by Crippen LogP contribution is -2.19. The van der Waals surface area contributed by atoms with Gasteiger partial charge in [0.05, 0.1) is 11.4 Å². The van der Waals surface area contributed by atoms with Crippen molar-refractivity contribution in [2.75, 3.05) is 11.1 Å². The molecule has 0 aliphatic carbocycles. The molecule has 0 radical (unpaired) electrons. The highest BCUT2D eigenvalue weighted by Gasteiger charge is 2.27. The van der Waals surface area contributed by atoms with Gasteiger partial charge in [-0.2, -0.15) is 13.2 Å². The molecule has 0 spiro atoms. The van der Waals surface area contributed by atoms with Gasteiger partial charge in [-0.25, -0.2) is 0 Å². The van der Waals surface area contributed by atoms with Gasteiger partial charge in [-0.3, -0.25) is 4.79 Å². The second kappa shape index (κ2) is 7.70. The summed E-state index contributed by atoms with van der Waals surface area (Å²) >= 11 is 0.665. The average Bonchev–Trinajstić information content (AvgIpc) is 2.34. The Morgan fingerprint density at radius 2 is 2.10 bits per heavy atom. The molecule has 7 heteroatoms. The van der Waals surface area contributed by atoms with E-state index < -0.39 is 11.9 Å². The Morgan fingerprint density at radius 3 is 2.67 bits per heavy atom. The summed E-state index contributed by atoms with van der Waals surface area (Å²) in [7, 11) is 0. The standard InChI is InChI=1S/C14H19F3N2OS/c1-9-3-5-12(21-8-14(15,16)17)11(7-9)19-13(20)6-4-10(2)18/h3,5,7,10H,4,6,8,18H2,1-2H3,(H,19,20). The molecule has 1 rings (SSSR count). The summed E-state index contributed by atoms with van der Waals surface area (Å²) in [5, 5.41) is 2.66. The molecule has 0 saturated heterocycles. The third-order valence-corrected chi connectivity index (χ3v) is 3.77. The second-order valence-electron chi connectivity index (χ2n) is 4.97. The summed E-state index contributed by atoms with van der Waals surface area (Å²) in [4.78, 5) is 12.2.